The fraction of sp³-hybridized carbons (Fsp3) is 0.154. The molecule has 1 N–H and O–H groups in total. The van der Waals surface area contributed by atoms with Crippen molar-refractivity contribution in [2.24, 2.45) is 0 Å². The van der Waals surface area contributed by atoms with Gasteiger partial charge in [-0.3, -0.25) is 4.79 Å². The molecule has 0 spiro atoms. The summed E-state index contributed by atoms with van der Waals surface area (Å²) in [4.78, 5) is 19.8. The number of carbonyl (C=O) groups is 1. The first-order chi connectivity index (χ1) is 8.65. The molecule has 2 aromatic rings. The molecular weight excluding hydrogens is 250 g/mol. The number of halogens is 1. The Labute approximate surface area is 109 Å². The van der Waals surface area contributed by atoms with Crippen molar-refractivity contribution in [1.29, 1.82) is 0 Å². The maximum atomic E-state index is 11.6. The first kappa shape index (κ1) is 11.2. The average molecular weight is 260 g/mol. The molecule has 1 aliphatic rings. The zero-order valence-corrected chi connectivity index (χ0v) is 10.5. The molecule has 0 fully saturated rings. The molecular formula is C13H10ClN3O. The van der Waals surface area contributed by atoms with Gasteiger partial charge >= 0.3 is 0 Å². The van der Waals surface area contributed by atoms with E-state index in [-0.39, 0.29) is 11.2 Å². The van der Waals surface area contributed by atoms with Gasteiger partial charge in [-0.25, -0.2) is 9.97 Å². The van der Waals surface area contributed by atoms with Crippen LogP contribution in [0.25, 0.3) is 11.3 Å². The van der Waals surface area contributed by atoms with Crippen molar-refractivity contribution >= 4 is 17.5 Å². The molecule has 0 bridgehead atoms. The number of rotatable bonds is 1. The Balaban J connectivity index is 2.16. The zero-order chi connectivity index (χ0) is 12.7. The molecule has 1 aliphatic heterocycles. The van der Waals surface area contributed by atoms with Crippen molar-refractivity contribution < 1.29 is 4.79 Å². The Bertz CT molecular complexity index is 655. The van der Waals surface area contributed by atoms with Crippen molar-refractivity contribution in [2.75, 3.05) is 0 Å². The maximum Gasteiger partial charge on any atom is 0.251 e. The summed E-state index contributed by atoms with van der Waals surface area (Å²) >= 11 is 5.81. The molecule has 0 atom stereocenters. The molecule has 1 aromatic carbocycles. The number of benzene rings is 1. The lowest BCUT2D eigenvalue weighted by Gasteiger charge is -2.06. The normalized spacial score (nSPS) is 13.3. The summed E-state index contributed by atoms with van der Waals surface area (Å²) in [5.41, 5.74) is 4.30. The van der Waals surface area contributed by atoms with E-state index < -0.39 is 0 Å². The third-order valence-electron chi connectivity index (χ3n) is 3.01. The minimum atomic E-state index is -0.0374. The molecule has 3 rings (SSSR count). The molecule has 5 heteroatoms. The Kier molecular flexibility index (Phi) is 2.52. The minimum Gasteiger partial charge on any atom is -0.348 e. The van der Waals surface area contributed by atoms with Crippen LogP contribution in [0.5, 0.6) is 0 Å². The fourth-order valence-electron chi connectivity index (χ4n) is 2.07. The number of nitrogens with zero attached hydrogens (tertiary/aromatic N) is 2. The van der Waals surface area contributed by atoms with Crippen molar-refractivity contribution in [3.63, 3.8) is 0 Å². The standard InChI is InChI=1S/C13H10ClN3O/c1-7-5-16-13(14)17-11(7)8-2-3-9-6-15-12(18)10(9)4-8/h2-5H,6H2,1H3,(H,15,18). The van der Waals surface area contributed by atoms with E-state index in [4.69, 9.17) is 11.6 Å². The second-order valence-electron chi connectivity index (χ2n) is 4.23. The van der Waals surface area contributed by atoms with Gasteiger partial charge in [0.05, 0.1) is 5.69 Å². The summed E-state index contributed by atoms with van der Waals surface area (Å²) in [7, 11) is 0. The van der Waals surface area contributed by atoms with Gasteiger partial charge in [-0.05, 0) is 35.7 Å². The Morgan fingerprint density at radius 1 is 1.39 bits per heavy atom. The highest BCUT2D eigenvalue weighted by Crippen LogP contribution is 2.26. The van der Waals surface area contributed by atoms with Crippen molar-refractivity contribution in [3.05, 3.63) is 46.4 Å². The Hall–Kier alpha value is -1.94. The predicted octanol–water partition coefficient (Wildman–Crippen LogP) is 2.35. The Morgan fingerprint density at radius 3 is 3.06 bits per heavy atom. The molecule has 2 heterocycles. The van der Waals surface area contributed by atoms with Gasteiger partial charge in [0, 0.05) is 23.9 Å². The second kappa shape index (κ2) is 4.07. The van der Waals surface area contributed by atoms with Crippen LogP contribution in [0.2, 0.25) is 5.28 Å². The summed E-state index contributed by atoms with van der Waals surface area (Å²) in [5.74, 6) is -0.0374. The topological polar surface area (TPSA) is 54.9 Å². The van der Waals surface area contributed by atoms with Gasteiger partial charge in [-0.15, -0.1) is 0 Å². The molecule has 0 radical (unpaired) electrons. The van der Waals surface area contributed by atoms with Crippen molar-refractivity contribution in [3.8, 4) is 11.3 Å². The van der Waals surface area contributed by atoms with Crippen LogP contribution in [0.15, 0.2) is 24.4 Å². The molecule has 4 nitrogen and oxygen atoms in total. The van der Waals surface area contributed by atoms with E-state index in [1.54, 1.807) is 6.20 Å². The summed E-state index contributed by atoms with van der Waals surface area (Å²) < 4.78 is 0. The molecule has 0 aliphatic carbocycles. The third-order valence-corrected chi connectivity index (χ3v) is 3.19. The molecule has 18 heavy (non-hydrogen) atoms. The summed E-state index contributed by atoms with van der Waals surface area (Å²) in [6, 6.07) is 5.74. The van der Waals surface area contributed by atoms with Crippen LogP contribution in [0, 0.1) is 6.92 Å². The Morgan fingerprint density at radius 2 is 2.22 bits per heavy atom. The number of amides is 1. The fourth-order valence-corrected chi connectivity index (χ4v) is 2.21. The molecule has 0 unspecified atom stereocenters. The molecule has 0 saturated carbocycles. The molecule has 90 valence electrons. The quantitative estimate of drug-likeness (QED) is 0.800. The minimum absolute atomic E-state index is 0.0374. The van der Waals surface area contributed by atoms with E-state index in [9.17, 15) is 4.79 Å². The molecule has 0 saturated heterocycles. The van der Waals surface area contributed by atoms with E-state index in [1.165, 1.54) is 0 Å². The lowest BCUT2D eigenvalue weighted by molar-refractivity contribution is 0.0966. The highest BCUT2D eigenvalue weighted by atomic mass is 35.5. The smallest absolute Gasteiger partial charge is 0.251 e. The van der Waals surface area contributed by atoms with Crippen LogP contribution in [0.3, 0.4) is 0 Å². The van der Waals surface area contributed by atoms with Gasteiger partial charge in [0.25, 0.3) is 5.91 Å². The van der Waals surface area contributed by atoms with Gasteiger partial charge in [-0.1, -0.05) is 12.1 Å². The van der Waals surface area contributed by atoms with Crippen molar-refractivity contribution in [1.82, 2.24) is 15.3 Å². The van der Waals surface area contributed by atoms with Gasteiger partial charge in [-0.2, -0.15) is 0 Å². The summed E-state index contributed by atoms with van der Waals surface area (Å²) in [6.45, 7) is 2.51. The van der Waals surface area contributed by atoms with E-state index in [2.05, 4.69) is 15.3 Å². The van der Waals surface area contributed by atoms with E-state index >= 15 is 0 Å². The third kappa shape index (κ3) is 1.75. The van der Waals surface area contributed by atoms with Crippen LogP contribution in [0.1, 0.15) is 21.5 Å². The van der Waals surface area contributed by atoms with Gasteiger partial charge in [0.15, 0.2) is 0 Å². The number of hydrogen-bond acceptors (Lipinski definition) is 3. The van der Waals surface area contributed by atoms with Crippen LogP contribution in [0.4, 0.5) is 0 Å². The first-order valence-corrected chi connectivity index (χ1v) is 5.93. The second-order valence-corrected chi connectivity index (χ2v) is 4.56. The van der Waals surface area contributed by atoms with Crippen LogP contribution in [-0.2, 0) is 6.54 Å². The lowest BCUT2D eigenvalue weighted by Crippen LogP contribution is -2.12. The number of fused-ring (bicyclic) bond motifs is 1. The van der Waals surface area contributed by atoms with Gasteiger partial charge in [0.2, 0.25) is 5.28 Å². The summed E-state index contributed by atoms with van der Waals surface area (Å²) in [6.07, 6.45) is 1.68. The SMILES string of the molecule is Cc1cnc(Cl)nc1-c1ccc2c(c1)C(=O)NC2. The van der Waals surface area contributed by atoms with E-state index in [1.807, 2.05) is 25.1 Å². The number of nitrogens with one attached hydrogen (secondary N) is 1. The van der Waals surface area contributed by atoms with Crippen LogP contribution >= 0.6 is 11.6 Å². The lowest BCUT2D eigenvalue weighted by atomic mass is 10.0. The number of hydrogen-bond donors (Lipinski definition) is 1. The van der Waals surface area contributed by atoms with Gasteiger partial charge in [0.1, 0.15) is 0 Å². The molecule has 1 amide bonds. The van der Waals surface area contributed by atoms with Crippen LogP contribution in [-0.4, -0.2) is 15.9 Å². The zero-order valence-electron chi connectivity index (χ0n) is 9.70. The van der Waals surface area contributed by atoms with E-state index in [0.717, 1.165) is 22.4 Å². The average Bonchev–Trinajstić information content (AvgIpc) is 2.74. The predicted molar refractivity (Wildman–Crippen MR) is 68.4 cm³/mol. The first-order valence-electron chi connectivity index (χ1n) is 5.56. The highest BCUT2D eigenvalue weighted by Gasteiger charge is 2.19. The van der Waals surface area contributed by atoms with Gasteiger partial charge < -0.3 is 5.32 Å². The molecule has 1 aromatic heterocycles. The maximum absolute atomic E-state index is 11.6. The van der Waals surface area contributed by atoms with Crippen molar-refractivity contribution in [2.45, 2.75) is 13.5 Å². The number of aryl methyl sites for hydroxylation is 1. The number of carbonyl (C=O) groups excluding carboxylic acids is 1. The highest BCUT2D eigenvalue weighted by molar-refractivity contribution is 6.28. The summed E-state index contributed by atoms with van der Waals surface area (Å²) in [5, 5.41) is 3.00. The largest absolute Gasteiger partial charge is 0.348 e. The van der Waals surface area contributed by atoms with Crippen LogP contribution < -0.4 is 5.32 Å². The number of aromatic nitrogens is 2. The van der Waals surface area contributed by atoms with E-state index in [0.29, 0.717) is 12.1 Å². The monoisotopic (exact) mass is 259 g/mol.